The molecule has 0 radical (unpaired) electrons. The maximum atomic E-state index is 13.9. The Kier molecular flexibility index (Phi) is 4.98. The van der Waals surface area contributed by atoms with Crippen molar-refractivity contribution in [2.75, 3.05) is 43.1 Å². The van der Waals surface area contributed by atoms with Gasteiger partial charge in [0, 0.05) is 19.2 Å². The molecule has 3 rings (SSSR count). The van der Waals surface area contributed by atoms with Crippen molar-refractivity contribution in [3.63, 3.8) is 0 Å². The molecule has 0 amide bonds. The van der Waals surface area contributed by atoms with Gasteiger partial charge in [-0.25, -0.2) is 18.7 Å². The molecule has 1 fully saturated rings. The summed E-state index contributed by atoms with van der Waals surface area (Å²) in [4.78, 5) is 12.7. The molecule has 1 aromatic carbocycles. The molecule has 1 aliphatic heterocycles. The normalized spacial score (nSPS) is 16.0. The molecule has 0 unspecified atom stereocenters. The number of rotatable bonds is 4. The van der Waals surface area contributed by atoms with Gasteiger partial charge in [0.1, 0.15) is 23.6 Å². The van der Waals surface area contributed by atoms with Crippen LogP contribution in [0.15, 0.2) is 24.5 Å². The Hall–Kier alpha value is -2.48. The number of piperidine rings is 1. The number of halogens is 2. The average Bonchev–Trinajstić information content (AvgIpc) is 2.59. The number of nitrogens with zero attached hydrogens (tertiary/aromatic N) is 4. The fraction of sp³-hybridized carbons (Fsp3) is 0.412. The number of anilines is 4. The first kappa shape index (κ1) is 17.3. The summed E-state index contributed by atoms with van der Waals surface area (Å²) < 4.78 is 26.9. The quantitative estimate of drug-likeness (QED) is 0.885. The van der Waals surface area contributed by atoms with Gasteiger partial charge in [-0.2, -0.15) is 0 Å². The molecule has 2 heterocycles. The highest BCUT2D eigenvalue weighted by molar-refractivity contribution is 5.78. The predicted molar refractivity (Wildman–Crippen MR) is 95.0 cm³/mol. The number of benzene rings is 1. The van der Waals surface area contributed by atoms with E-state index in [9.17, 15) is 8.78 Å². The van der Waals surface area contributed by atoms with Gasteiger partial charge in [-0.1, -0.05) is 0 Å². The number of nitrogen functional groups attached to an aromatic ring is 1. The van der Waals surface area contributed by atoms with Crippen LogP contribution in [0, 0.1) is 11.6 Å². The minimum atomic E-state index is -0.705. The van der Waals surface area contributed by atoms with Crippen LogP contribution in [0.4, 0.5) is 31.8 Å². The first-order valence-electron chi connectivity index (χ1n) is 8.19. The van der Waals surface area contributed by atoms with E-state index in [1.165, 1.54) is 18.5 Å². The van der Waals surface area contributed by atoms with Crippen molar-refractivity contribution in [2.24, 2.45) is 0 Å². The Bertz CT molecular complexity index is 746. The maximum absolute atomic E-state index is 13.9. The second-order valence-electron chi connectivity index (χ2n) is 6.35. The van der Waals surface area contributed by atoms with E-state index in [-0.39, 0.29) is 5.69 Å². The summed E-state index contributed by atoms with van der Waals surface area (Å²) in [5, 5.41) is 2.82. The van der Waals surface area contributed by atoms with E-state index in [0.717, 1.165) is 32.0 Å². The molecule has 25 heavy (non-hydrogen) atoms. The summed E-state index contributed by atoms with van der Waals surface area (Å²) in [6, 6.07) is 3.63. The van der Waals surface area contributed by atoms with Gasteiger partial charge in [0.15, 0.2) is 11.6 Å². The van der Waals surface area contributed by atoms with E-state index < -0.39 is 11.6 Å². The van der Waals surface area contributed by atoms with Gasteiger partial charge in [0.25, 0.3) is 0 Å². The van der Waals surface area contributed by atoms with E-state index in [4.69, 9.17) is 5.73 Å². The number of likely N-dealkylation sites (tertiary alicyclic amines) is 1. The van der Waals surface area contributed by atoms with Crippen LogP contribution in [0.2, 0.25) is 0 Å². The standard InChI is InChI=1S/C17H22F2N6/c1-24-7-5-12(6-8-24)25(2)17-15(20)16(21-10-22-17)23-14-4-3-11(18)9-13(14)19/h3-4,9-10,12H,5-8,20H2,1-2H3,(H,21,22,23). The smallest absolute Gasteiger partial charge is 0.159 e. The minimum absolute atomic E-state index is 0.111. The van der Waals surface area contributed by atoms with Crippen LogP contribution >= 0.6 is 0 Å². The second kappa shape index (κ2) is 7.18. The first-order valence-corrected chi connectivity index (χ1v) is 8.19. The summed E-state index contributed by atoms with van der Waals surface area (Å²) in [7, 11) is 4.06. The summed E-state index contributed by atoms with van der Waals surface area (Å²) in [6.07, 6.45) is 3.43. The third kappa shape index (κ3) is 3.79. The lowest BCUT2D eigenvalue weighted by Crippen LogP contribution is -2.42. The van der Waals surface area contributed by atoms with Gasteiger partial charge >= 0.3 is 0 Å². The monoisotopic (exact) mass is 348 g/mol. The van der Waals surface area contributed by atoms with Gasteiger partial charge in [0.2, 0.25) is 0 Å². The van der Waals surface area contributed by atoms with Crippen LogP contribution < -0.4 is 16.0 Å². The van der Waals surface area contributed by atoms with E-state index in [1.807, 2.05) is 7.05 Å². The van der Waals surface area contributed by atoms with Crippen LogP contribution in [0.1, 0.15) is 12.8 Å². The van der Waals surface area contributed by atoms with Crippen molar-refractivity contribution in [3.8, 4) is 0 Å². The molecule has 1 aliphatic rings. The lowest BCUT2D eigenvalue weighted by Gasteiger charge is -2.36. The Morgan fingerprint density at radius 3 is 2.64 bits per heavy atom. The zero-order valence-corrected chi connectivity index (χ0v) is 14.3. The molecule has 2 aromatic rings. The molecule has 8 heteroatoms. The van der Waals surface area contributed by atoms with Gasteiger partial charge in [-0.15, -0.1) is 0 Å². The highest BCUT2D eigenvalue weighted by Crippen LogP contribution is 2.31. The lowest BCUT2D eigenvalue weighted by molar-refractivity contribution is 0.252. The number of nitrogens with one attached hydrogen (secondary N) is 1. The van der Waals surface area contributed by atoms with Crippen molar-refractivity contribution in [1.29, 1.82) is 0 Å². The first-order chi connectivity index (χ1) is 12.0. The topological polar surface area (TPSA) is 70.3 Å². The molecule has 3 N–H and O–H groups in total. The molecule has 0 saturated carbocycles. The van der Waals surface area contributed by atoms with Gasteiger partial charge < -0.3 is 20.9 Å². The molecule has 0 spiro atoms. The second-order valence-corrected chi connectivity index (χ2v) is 6.35. The third-order valence-electron chi connectivity index (χ3n) is 4.62. The largest absolute Gasteiger partial charge is 0.393 e. The lowest BCUT2D eigenvalue weighted by atomic mass is 10.0. The Balaban J connectivity index is 1.82. The van der Waals surface area contributed by atoms with Crippen molar-refractivity contribution in [3.05, 3.63) is 36.2 Å². The van der Waals surface area contributed by atoms with E-state index >= 15 is 0 Å². The van der Waals surface area contributed by atoms with E-state index in [1.54, 1.807) is 0 Å². The summed E-state index contributed by atoms with van der Waals surface area (Å²) in [5.74, 6) is -0.436. The maximum Gasteiger partial charge on any atom is 0.159 e. The third-order valence-corrected chi connectivity index (χ3v) is 4.62. The van der Waals surface area contributed by atoms with Gasteiger partial charge in [0.05, 0.1) is 5.69 Å². The van der Waals surface area contributed by atoms with Crippen LogP contribution in [0.25, 0.3) is 0 Å². The van der Waals surface area contributed by atoms with Crippen molar-refractivity contribution < 1.29 is 8.78 Å². The fourth-order valence-corrected chi connectivity index (χ4v) is 3.04. The average molecular weight is 348 g/mol. The molecule has 0 atom stereocenters. The summed E-state index contributed by atoms with van der Waals surface area (Å²) in [6.45, 7) is 2.04. The Morgan fingerprint density at radius 1 is 1.24 bits per heavy atom. The minimum Gasteiger partial charge on any atom is -0.393 e. The number of hydrogen-bond donors (Lipinski definition) is 2. The van der Waals surface area contributed by atoms with Crippen LogP contribution in [0.5, 0.6) is 0 Å². The van der Waals surface area contributed by atoms with E-state index in [0.29, 0.717) is 23.4 Å². The number of aromatic nitrogens is 2. The van der Waals surface area contributed by atoms with Crippen LogP contribution in [-0.2, 0) is 0 Å². The van der Waals surface area contributed by atoms with Crippen LogP contribution in [-0.4, -0.2) is 48.1 Å². The predicted octanol–water partition coefficient (Wildman–Crippen LogP) is 2.61. The molecular weight excluding hydrogens is 326 g/mol. The molecule has 0 bridgehead atoms. The SMILES string of the molecule is CN1CCC(N(C)c2ncnc(Nc3ccc(F)cc3F)c2N)CC1. The zero-order valence-electron chi connectivity index (χ0n) is 14.3. The van der Waals surface area contributed by atoms with Crippen molar-refractivity contribution in [2.45, 2.75) is 18.9 Å². The highest BCUT2D eigenvalue weighted by Gasteiger charge is 2.24. The number of hydrogen-bond acceptors (Lipinski definition) is 6. The number of nitrogens with two attached hydrogens (primary N) is 1. The molecule has 6 nitrogen and oxygen atoms in total. The van der Waals surface area contributed by atoms with Gasteiger partial charge in [-0.05, 0) is 45.1 Å². The molecule has 0 aliphatic carbocycles. The van der Waals surface area contributed by atoms with Crippen molar-refractivity contribution >= 4 is 23.0 Å². The molecule has 1 saturated heterocycles. The fourth-order valence-electron chi connectivity index (χ4n) is 3.04. The highest BCUT2D eigenvalue weighted by atomic mass is 19.1. The molecule has 1 aromatic heterocycles. The summed E-state index contributed by atoms with van der Waals surface area (Å²) >= 11 is 0. The van der Waals surface area contributed by atoms with Crippen LogP contribution in [0.3, 0.4) is 0 Å². The van der Waals surface area contributed by atoms with Gasteiger partial charge in [-0.3, -0.25) is 0 Å². The Labute approximate surface area is 145 Å². The Morgan fingerprint density at radius 2 is 1.96 bits per heavy atom. The molecule has 134 valence electrons. The zero-order chi connectivity index (χ0) is 18.0. The van der Waals surface area contributed by atoms with E-state index in [2.05, 4.69) is 32.1 Å². The van der Waals surface area contributed by atoms with Crippen molar-refractivity contribution in [1.82, 2.24) is 14.9 Å². The molecular formula is C17H22F2N6. The summed E-state index contributed by atoms with van der Waals surface area (Å²) in [5.41, 5.74) is 6.66.